The average Bonchev–Trinajstić information content (AvgIpc) is 3.05. The fourth-order valence-electron chi connectivity index (χ4n) is 2.67. The van der Waals surface area contributed by atoms with E-state index in [4.69, 9.17) is 0 Å². The van der Waals surface area contributed by atoms with Crippen LogP contribution in [0.2, 0.25) is 0 Å². The van der Waals surface area contributed by atoms with Crippen molar-refractivity contribution in [2.24, 2.45) is 11.0 Å². The van der Waals surface area contributed by atoms with Crippen LogP contribution in [-0.2, 0) is 11.3 Å². The quantitative estimate of drug-likeness (QED) is 0.676. The number of aromatic nitrogens is 4. The van der Waals surface area contributed by atoms with Crippen LogP contribution in [0.25, 0.3) is 11.4 Å². The first-order valence-electron chi connectivity index (χ1n) is 7.96. The molecule has 1 fully saturated rings. The molecule has 1 amide bonds. The molecule has 1 aromatic carbocycles. The van der Waals surface area contributed by atoms with Crippen LogP contribution in [0.15, 0.2) is 35.4 Å². The topological polar surface area (TPSA) is 85.1 Å². The van der Waals surface area contributed by atoms with E-state index in [9.17, 15) is 4.79 Å². The highest BCUT2D eigenvalue weighted by Gasteiger charge is 2.11. The summed E-state index contributed by atoms with van der Waals surface area (Å²) in [5.74, 6) is 0.733. The van der Waals surface area contributed by atoms with Crippen LogP contribution >= 0.6 is 0 Å². The Balaban J connectivity index is 1.50. The van der Waals surface area contributed by atoms with Gasteiger partial charge in [-0.15, -0.1) is 10.2 Å². The van der Waals surface area contributed by atoms with E-state index in [0.29, 0.717) is 11.7 Å². The number of tetrazole rings is 1. The van der Waals surface area contributed by atoms with Crippen molar-refractivity contribution in [3.05, 3.63) is 30.3 Å². The molecule has 0 radical (unpaired) electrons. The van der Waals surface area contributed by atoms with Gasteiger partial charge in [0.1, 0.15) is 6.54 Å². The minimum Gasteiger partial charge on any atom is -0.271 e. The van der Waals surface area contributed by atoms with Crippen LogP contribution in [0, 0.1) is 5.92 Å². The number of benzene rings is 1. The van der Waals surface area contributed by atoms with Gasteiger partial charge in [0.15, 0.2) is 0 Å². The molecule has 23 heavy (non-hydrogen) atoms. The Kier molecular flexibility index (Phi) is 5.08. The first-order chi connectivity index (χ1) is 11.3. The number of nitrogens with zero attached hydrogens (tertiary/aromatic N) is 5. The molecule has 1 heterocycles. The van der Waals surface area contributed by atoms with Crippen molar-refractivity contribution in [2.45, 2.75) is 38.6 Å². The molecule has 7 nitrogen and oxygen atoms in total. The molecule has 1 saturated carbocycles. The minimum atomic E-state index is -0.255. The maximum absolute atomic E-state index is 11.8. The van der Waals surface area contributed by atoms with Gasteiger partial charge in [-0.3, -0.25) is 4.79 Å². The maximum atomic E-state index is 11.8. The van der Waals surface area contributed by atoms with E-state index in [1.165, 1.54) is 24.1 Å². The van der Waals surface area contributed by atoms with Crippen molar-refractivity contribution in [3.63, 3.8) is 0 Å². The normalized spacial score (nSPS) is 15.8. The number of rotatable bonds is 5. The molecule has 0 bridgehead atoms. The largest absolute Gasteiger partial charge is 0.271 e. The average molecular weight is 312 g/mol. The third-order valence-corrected chi connectivity index (χ3v) is 3.89. The van der Waals surface area contributed by atoms with Crippen LogP contribution < -0.4 is 5.43 Å². The first-order valence-corrected chi connectivity index (χ1v) is 7.96. The van der Waals surface area contributed by atoms with Gasteiger partial charge in [0.05, 0.1) is 0 Å². The van der Waals surface area contributed by atoms with Crippen LogP contribution in [0.3, 0.4) is 0 Å². The molecule has 1 aliphatic rings. The molecule has 1 N–H and O–H groups in total. The van der Waals surface area contributed by atoms with E-state index in [-0.39, 0.29) is 12.5 Å². The van der Waals surface area contributed by atoms with Gasteiger partial charge in [-0.05, 0) is 24.0 Å². The monoisotopic (exact) mass is 312 g/mol. The highest BCUT2D eigenvalue weighted by molar-refractivity contribution is 5.76. The summed E-state index contributed by atoms with van der Waals surface area (Å²) in [7, 11) is 0. The van der Waals surface area contributed by atoms with Gasteiger partial charge in [0.25, 0.3) is 5.91 Å². The number of nitrogens with one attached hydrogen (secondary N) is 1. The summed E-state index contributed by atoms with van der Waals surface area (Å²) in [6.07, 6.45) is 7.96. The summed E-state index contributed by atoms with van der Waals surface area (Å²) < 4.78 is 0. The Hall–Kier alpha value is -2.57. The number of hydrogen-bond donors (Lipinski definition) is 1. The second-order valence-electron chi connectivity index (χ2n) is 5.72. The Labute approximate surface area is 134 Å². The molecular formula is C16H20N6O. The van der Waals surface area contributed by atoms with Gasteiger partial charge in [0.2, 0.25) is 5.82 Å². The summed E-state index contributed by atoms with van der Waals surface area (Å²) in [4.78, 5) is 13.1. The van der Waals surface area contributed by atoms with Crippen molar-refractivity contribution >= 4 is 12.1 Å². The maximum Gasteiger partial charge on any atom is 0.263 e. The number of hydrogen-bond acceptors (Lipinski definition) is 5. The zero-order chi connectivity index (χ0) is 15.9. The second kappa shape index (κ2) is 7.62. The zero-order valence-corrected chi connectivity index (χ0v) is 12.9. The molecular weight excluding hydrogens is 292 g/mol. The molecule has 0 spiro atoms. The van der Waals surface area contributed by atoms with Gasteiger partial charge >= 0.3 is 0 Å². The van der Waals surface area contributed by atoms with Gasteiger partial charge in [-0.2, -0.15) is 9.90 Å². The van der Waals surface area contributed by atoms with Crippen molar-refractivity contribution in [1.82, 2.24) is 25.6 Å². The fourth-order valence-corrected chi connectivity index (χ4v) is 2.67. The lowest BCUT2D eigenvalue weighted by atomic mass is 9.90. The third kappa shape index (κ3) is 4.45. The Bertz CT molecular complexity index is 660. The molecule has 2 aromatic rings. The Morgan fingerprint density at radius 3 is 2.83 bits per heavy atom. The molecule has 0 aliphatic heterocycles. The molecule has 3 rings (SSSR count). The zero-order valence-electron chi connectivity index (χ0n) is 12.9. The number of hydrazone groups is 1. The van der Waals surface area contributed by atoms with Crippen LogP contribution in [-0.4, -0.2) is 32.3 Å². The molecule has 1 aromatic heterocycles. The highest BCUT2D eigenvalue weighted by atomic mass is 16.2. The van der Waals surface area contributed by atoms with Crippen LogP contribution in [0.1, 0.15) is 32.1 Å². The molecule has 120 valence electrons. The first kappa shape index (κ1) is 15.3. The standard InChI is InChI=1S/C16H20N6O/c23-15(18-17-11-13-7-3-1-4-8-13)12-22-20-16(19-21-22)14-9-5-2-6-10-14/h2,5-6,9-11,13H,1,3-4,7-8,12H2,(H,18,23)/b17-11+. The van der Waals surface area contributed by atoms with Gasteiger partial charge in [-0.1, -0.05) is 49.6 Å². The SMILES string of the molecule is O=C(Cn1nnc(-c2ccccc2)n1)N/N=C/C1CCCCC1. The van der Waals surface area contributed by atoms with Crippen LogP contribution in [0.4, 0.5) is 0 Å². The van der Waals surface area contributed by atoms with Crippen molar-refractivity contribution in [3.8, 4) is 11.4 Å². The van der Waals surface area contributed by atoms with Gasteiger partial charge in [-0.25, -0.2) is 5.43 Å². The van der Waals surface area contributed by atoms with E-state index in [2.05, 4.69) is 25.9 Å². The third-order valence-electron chi connectivity index (χ3n) is 3.89. The van der Waals surface area contributed by atoms with Crippen molar-refractivity contribution in [1.29, 1.82) is 0 Å². The molecule has 0 saturated heterocycles. The predicted molar refractivity (Wildman–Crippen MR) is 86.5 cm³/mol. The molecule has 0 atom stereocenters. The summed E-state index contributed by atoms with van der Waals surface area (Å²) in [6, 6.07) is 9.53. The van der Waals surface area contributed by atoms with E-state index in [1.807, 2.05) is 36.5 Å². The molecule has 1 aliphatic carbocycles. The molecule has 0 unspecified atom stereocenters. The summed E-state index contributed by atoms with van der Waals surface area (Å²) in [5.41, 5.74) is 3.40. The van der Waals surface area contributed by atoms with Gasteiger partial charge < -0.3 is 0 Å². The Morgan fingerprint density at radius 2 is 2.04 bits per heavy atom. The van der Waals surface area contributed by atoms with Gasteiger partial charge in [0, 0.05) is 11.8 Å². The van der Waals surface area contributed by atoms with Crippen LogP contribution in [0.5, 0.6) is 0 Å². The fraction of sp³-hybridized carbons (Fsp3) is 0.438. The number of carbonyl (C=O) groups excluding carboxylic acids is 1. The van der Waals surface area contributed by atoms with E-state index in [0.717, 1.165) is 18.4 Å². The predicted octanol–water partition coefficient (Wildman–Crippen LogP) is 2.02. The highest BCUT2D eigenvalue weighted by Crippen LogP contribution is 2.21. The van der Waals surface area contributed by atoms with E-state index in [1.54, 1.807) is 0 Å². The molecule has 7 heteroatoms. The van der Waals surface area contributed by atoms with E-state index < -0.39 is 0 Å². The summed E-state index contributed by atoms with van der Waals surface area (Å²) in [5, 5.41) is 16.1. The summed E-state index contributed by atoms with van der Waals surface area (Å²) >= 11 is 0. The van der Waals surface area contributed by atoms with Crippen molar-refractivity contribution in [2.75, 3.05) is 0 Å². The second-order valence-corrected chi connectivity index (χ2v) is 5.72. The van der Waals surface area contributed by atoms with E-state index >= 15 is 0 Å². The lowest BCUT2D eigenvalue weighted by Gasteiger charge is -2.16. The lowest BCUT2D eigenvalue weighted by Crippen LogP contribution is -2.25. The number of carbonyl (C=O) groups is 1. The Morgan fingerprint density at radius 1 is 1.26 bits per heavy atom. The summed E-state index contributed by atoms with van der Waals surface area (Å²) in [6.45, 7) is 0.00183. The number of amides is 1. The van der Waals surface area contributed by atoms with Crippen molar-refractivity contribution < 1.29 is 4.79 Å². The smallest absolute Gasteiger partial charge is 0.263 e. The lowest BCUT2D eigenvalue weighted by molar-refractivity contribution is -0.122. The minimum absolute atomic E-state index is 0.00183.